The van der Waals surface area contributed by atoms with Crippen LogP contribution in [0.3, 0.4) is 0 Å². The Bertz CT molecular complexity index is 144. The van der Waals surface area contributed by atoms with Gasteiger partial charge >= 0.3 is 0 Å². The number of hydrogen-bond donors (Lipinski definition) is 2. The van der Waals surface area contributed by atoms with E-state index in [1.54, 1.807) is 0 Å². The molecule has 1 aliphatic heterocycles. The molecule has 3 heteroatoms. The molecule has 84 valence electrons. The molecule has 1 heterocycles. The number of aliphatic hydroxyl groups is 1. The molecule has 0 spiro atoms. The first-order valence-corrected chi connectivity index (χ1v) is 5.70. The van der Waals surface area contributed by atoms with Crippen LogP contribution in [0.25, 0.3) is 0 Å². The highest BCUT2D eigenvalue weighted by Crippen LogP contribution is 2.11. The molecule has 0 radical (unpaired) electrons. The average Bonchev–Trinajstić information content (AvgIpc) is 2.19. The first-order valence-electron chi connectivity index (χ1n) is 5.70. The van der Waals surface area contributed by atoms with Crippen molar-refractivity contribution >= 4 is 0 Å². The Labute approximate surface area is 86.8 Å². The molecule has 1 saturated heterocycles. The van der Waals surface area contributed by atoms with Crippen LogP contribution >= 0.6 is 0 Å². The Balaban J connectivity index is 2.02. The van der Waals surface area contributed by atoms with Crippen molar-refractivity contribution in [3.63, 3.8) is 0 Å². The van der Waals surface area contributed by atoms with Gasteiger partial charge in [0, 0.05) is 19.7 Å². The summed E-state index contributed by atoms with van der Waals surface area (Å²) in [6.45, 7) is 6.52. The summed E-state index contributed by atoms with van der Waals surface area (Å²) in [5.41, 5.74) is 0. The van der Waals surface area contributed by atoms with E-state index in [1.165, 1.54) is 12.8 Å². The molecular weight excluding hydrogens is 178 g/mol. The summed E-state index contributed by atoms with van der Waals surface area (Å²) in [5, 5.41) is 12.8. The molecule has 1 aliphatic rings. The predicted molar refractivity (Wildman–Crippen MR) is 57.3 cm³/mol. The zero-order valence-corrected chi connectivity index (χ0v) is 9.33. The summed E-state index contributed by atoms with van der Waals surface area (Å²) in [4.78, 5) is 0. The van der Waals surface area contributed by atoms with Crippen molar-refractivity contribution in [3.8, 4) is 0 Å². The monoisotopic (exact) mass is 201 g/mol. The fourth-order valence-corrected chi connectivity index (χ4v) is 1.60. The van der Waals surface area contributed by atoms with Gasteiger partial charge in [-0.2, -0.15) is 0 Å². The van der Waals surface area contributed by atoms with E-state index >= 15 is 0 Å². The summed E-state index contributed by atoms with van der Waals surface area (Å²) in [6, 6.07) is 0. The van der Waals surface area contributed by atoms with Crippen LogP contribution in [0.5, 0.6) is 0 Å². The smallest absolute Gasteiger partial charge is 0.0699 e. The highest BCUT2D eigenvalue weighted by atomic mass is 16.5. The Kier molecular flexibility index (Phi) is 5.45. The molecule has 0 aromatic heterocycles. The van der Waals surface area contributed by atoms with Crippen LogP contribution < -0.4 is 5.32 Å². The second-order valence-corrected chi connectivity index (χ2v) is 4.46. The topological polar surface area (TPSA) is 41.5 Å². The Morgan fingerprint density at radius 2 is 2.21 bits per heavy atom. The van der Waals surface area contributed by atoms with Crippen molar-refractivity contribution in [2.24, 2.45) is 5.92 Å². The third-order valence-corrected chi connectivity index (χ3v) is 2.77. The fraction of sp³-hybridized carbons (Fsp3) is 1.00. The normalized spacial score (nSPS) is 25.3. The first kappa shape index (κ1) is 12.0. The minimum atomic E-state index is -0.237. The van der Waals surface area contributed by atoms with E-state index < -0.39 is 0 Å². The van der Waals surface area contributed by atoms with Crippen molar-refractivity contribution in [1.82, 2.24) is 5.32 Å². The Hall–Kier alpha value is -0.120. The Morgan fingerprint density at radius 3 is 2.79 bits per heavy atom. The maximum atomic E-state index is 9.55. The summed E-state index contributed by atoms with van der Waals surface area (Å²) in [6.07, 6.45) is 3.76. The molecule has 0 saturated carbocycles. The zero-order chi connectivity index (χ0) is 10.4. The lowest BCUT2D eigenvalue weighted by molar-refractivity contribution is 0.0142. The first-order chi connectivity index (χ1) is 6.70. The molecule has 2 N–H and O–H groups in total. The van der Waals surface area contributed by atoms with Gasteiger partial charge < -0.3 is 15.2 Å². The quantitative estimate of drug-likeness (QED) is 0.701. The highest BCUT2D eigenvalue weighted by Gasteiger charge is 2.14. The molecule has 2 unspecified atom stereocenters. The summed E-state index contributed by atoms with van der Waals surface area (Å²) < 4.78 is 5.58. The number of ether oxygens (including phenoxy) is 1. The van der Waals surface area contributed by atoms with Crippen LogP contribution in [0.15, 0.2) is 0 Å². The lowest BCUT2D eigenvalue weighted by atomic mass is 10.1. The van der Waals surface area contributed by atoms with E-state index in [4.69, 9.17) is 4.74 Å². The van der Waals surface area contributed by atoms with Gasteiger partial charge in [0.15, 0.2) is 0 Å². The lowest BCUT2D eigenvalue weighted by Gasteiger charge is -2.24. The molecule has 2 atom stereocenters. The lowest BCUT2D eigenvalue weighted by Crippen LogP contribution is -2.37. The van der Waals surface area contributed by atoms with Gasteiger partial charge in [-0.25, -0.2) is 0 Å². The van der Waals surface area contributed by atoms with Gasteiger partial charge in [0.2, 0.25) is 0 Å². The van der Waals surface area contributed by atoms with Gasteiger partial charge in [-0.05, 0) is 25.2 Å². The number of hydrogen-bond acceptors (Lipinski definition) is 3. The molecule has 0 aromatic rings. The average molecular weight is 201 g/mol. The summed E-state index contributed by atoms with van der Waals surface area (Å²) >= 11 is 0. The van der Waals surface area contributed by atoms with Gasteiger partial charge in [-0.1, -0.05) is 13.8 Å². The van der Waals surface area contributed by atoms with Gasteiger partial charge in [0.1, 0.15) is 0 Å². The van der Waals surface area contributed by atoms with E-state index in [0.29, 0.717) is 18.6 Å². The van der Waals surface area contributed by atoms with E-state index in [0.717, 1.165) is 19.6 Å². The third-order valence-electron chi connectivity index (χ3n) is 2.77. The maximum Gasteiger partial charge on any atom is 0.0699 e. The molecular formula is C11H23NO2. The summed E-state index contributed by atoms with van der Waals surface area (Å²) in [5.74, 6) is 0.328. The van der Waals surface area contributed by atoms with E-state index in [1.807, 2.05) is 13.8 Å². The largest absolute Gasteiger partial charge is 0.392 e. The molecule has 14 heavy (non-hydrogen) atoms. The van der Waals surface area contributed by atoms with Gasteiger partial charge in [-0.15, -0.1) is 0 Å². The van der Waals surface area contributed by atoms with Gasteiger partial charge in [0.05, 0.1) is 12.2 Å². The van der Waals surface area contributed by atoms with Crippen LogP contribution in [0.4, 0.5) is 0 Å². The highest BCUT2D eigenvalue weighted by molar-refractivity contribution is 4.69. The van der Waals surface area contributed by atoms with Gasteiger partial charge in [0.25, 0.3) is 0 Å². The second-order valence-electron chi connectivity index (χ2n) is 4.46. The fourth-order valence-electron chi connectivity index (χ4n) is 1.60. The molecule has 0 aromatic carbocycles. The standard InChI is InChI=1S/C11H23NO2/c1-9(2)11(13)8-12-7-10-5-3-4-6-14-10/h9-13H,3-8H2,1-2H3. The molecule has 3 nitrogen and oxygen atoms in total. The minimum Gasteiger partial charge on any atom is -0.392 e. The van der Waals surface area contributed by atoms with Gasteiger partial charge in [-0.3, -0.25) is 0 Å². The van der Waals surface area contributed by atoms with Crippen molar-refractivity contribution in [2.75, 3.05) is 19.7 Å². The molecule has 1 fully saturated rings. The number of aliphatic hydroxyl groups excluding tert-OH is 1. The van der Waals surface area contributed by atoms with Crippen molar-refractivity contribution in [2.45, 2.75) is 45.3 Å². The predicted octanol–water partition coefficient (Wildman–Crippen LogP) is 1.16. The van der Waals surface area contributed by atoms with E-state index in [-0.39, 0.29) is 6.10 Å². The van der Waals surface area contributed by atoms with Crippen molar-refractivity contribution in [1.29, 1.82) is 0 Å². The summed E-state index contributed by atoms with van der Waals surface area (Å²) in [7, 11) is 0. The van der Waals surface area contributed by atoms with Crippen LogP contribution in [-0.2, 0) is 4.74 Å². The zero-order valence-electron chi connectivity index (χ0n) is 9.33. The number of rotatable bonds is 5. The second kappa shape index (κ2) is 6.38. The van der Waals surface area contributed by atoms with Crippen LogP contribution in [0.1, 0.15) is 33.1 Å². The molecule has 0 bridgehead atoms. The Morgan fingerprint density at radius 1 is 1.43 bits per heavy atom. The SMILES string of the molecule is CC(C)C(O)CNCC1CCCCO1. The van der Waals surface area contributed by atoms with E-state index in [2.05, 4.69) is 5.32 Å². The van der Waals surface area contributed by atoms with Crippen LogP contribution in [-0.4, -0.2) is 37.0 Å². The number of nitrogens with one attached hydrogen (secondary N) is 1. The van der Waals surface area contributed by atoms with E-state index in [9.17, 15) is 5.11 Å². The minimum absolute atomic E-state index is 0.237. The van der Waals surface area contributed by atoms with Crippen LogP contribution in [0.2, 0.25) is 0 Å². The third kappa shape index (κ3) is 4.40. The molecule has 1 rings (SSSR count). The van der Waals surface area contributed by atoms with Crippen molar-refractivity contribution < 1.29 is 9.84 Å². The van der Waals surface area contributed by atoms with Crippen molar-refractivity contribution in [3.05, 3.63) is 0 Å². The van der Waals surface area contributed by atoms with Crippen LogP contribution in [0, 0.1) is 5.92 Å². The molecule has 0 aliphatic carbocycles. The molecule has 0 amide bonds. The maximum absolute atomic E-state index is 9.55.